The number of carbonyl (C=O) groups excluding carboxylic acids is 1. The fourth-order valence-electron chi connectivity index (χ4n) is 3.25. The molecule has 6 nitrogen and oxygen atoms in total. The van der Waals surface area contributed by atoms with Gasteiger partial charge >= 0.3 is 0 Å². The summed E-state index contributed by atoms with van der Waals surface area (Å²) in [6.45, 7) is 5.02. The van der Waals surface area contributed by atoms with Crippen molar-refractivity contribution in [3.8, 4) is 0 Å². The first kappa shape index (κ1) is 16.6. The number of aromatic nitrogens is 3. The maximum Gasteiger partial charge on any atom is 0.247 e. The minimum absolute atomic E-state index is 0.0696. The largest absolute Gasteiger partial charge is 0.383 e. The Balaban J connectivity index is 1.68. The number of aryl methyl sites for hydroxylation is 1. The number of likely N-dealkylation sites (tertiary alicyclic amines) is 1. The van der Waals surface area contributed by atoms with Gasteiger partial charge in [-0.15, -0.1) is 0 Å². The third-order valence-electron chi connectivity index (χ3n) is 4.81. The first-order valence-electron chi connectivity index (χ1n) is 8.47. The predicted molar refractivity (Wildman–Crippen MR) is 90.2 cm³/mol. The molecule has 1 unspecified atom stereocenters. The lowest BCUT2D eigenvalue weighted by atomic mass is 9.87. The molecule has 2 aromatic heterocycles. The molecular weight excluding hydrogens is 304 g/mol. The zero-order valence-electron chi connectivity index (χ0n) is 14.2. The molecule has 1 fully saturated rings. The van der Waals surface area contributed by atoms with Gasteiger partial charge < -0.3 is 10.0 Å². The molecule has 3 heterocycles. The summed E-state index contributed by atoms with van der Waals surface area (Å²) in [5.41, 5.74) is 0.817. The zero-order chi connectivity index (χ0) is 17.2. The van der Waals surface area contributed by atoms with Crippen LogP contribution in [-0.2, 0) is 10.4 Å². The van der Waals surface area contributed by atoms with Crippen molar-refractivity contribution in [3.05, 3.63) is 48.0 Å². The van der Waals surface area contributed by atoms with E-state index >= 15 is 0 Å². The van der Waals surface area contributed by atoms with Crippen LogP contribution in [0.1, 0.15) is 43.5 Å². The summed E-state index contributed by atoms with van der Waals surface area (Å²) < 4.78 is 1.71. The van der Waals surface area contributed by atoms with Crippen LogP contribution in [0.4, 0.5) is 0 Å². The number of hydrogen-bond acceptors (Lipinski definition) is 4. The van der Waals surface area contributed by atoms with Gasteiger partial charge in [0.05, 0.1) is 5.69 Å². The van der Waals surface area contributed by atoms with Crippen LogP contribution < -0.4 is 0 Å². The van der Waals surface area contributed by atoms with Crippen LogP contribution >= 0.6 is 0 Å². The van der Waals surface area contributed by atoms with Crippen LogP contribution in [0, 0.1) is 6.92 Å². The lowest BCUT2D eigenvalue weighted by molar-refractivity contribution is -0.139. The van der Waals surface area contributed by atoms with Crippen LogP contribution in [0.2, 0.25) is 0 Å². The average Bonchev–Trinajstić information content (AvgIpc) is 3.11. The van der Waals surface area contributed by atoms with Gasteiger partial charge in [0, 0.05) is 31.7 Å². The molecule has 1 saturated heterocycles. The molecule has 0 aromatic carbocycles. The van der Waals surface area contributed by atoms with Gasteiger partial charge in [0.25, 0.3) is 0 Å². The van der Waals surface area contributed by atoms with E-state index in [0.29, 0.717) is 38.0 Å². The maximum absolute atomic E-state index is 12.8. The predicted octanol–water partition coefficient (Wildman–Crippen LogP) is 2.05. The van der Waals surface area contributed by atoms with Crippen molar-refractivity contribution in [1.82, 2.24) is 19.7 Å². The van der Waals surface area contributed by atoms with E-state index in [4.69, 9.17) is 0 Å². The van der Waals surface area contributed by atoms with E-state index in [1.165, 1.54) is 0 Å². The summed E-state index contributed by atoms with van der Waals surface area (Å²) in [6.07, 6.45) is 6.99. The third kappa shape index (κ3) is 3.19. The third-order valence-corrected chi connectivity index (χ3v) is 4.81. The van der Waals surface area contributed by atoms with Gasteiger partial charge in [-0.1, -0.05) is 13.0 Å². The van der Waals surface area contributed by atoms with Crippen LogP contribution in [0.5, 0.6) is 0 Å². The zero-order valence-corrected chi connectivity index (χ0v) is 14.2. The quantitative estimate of drug-likeness (QED) is 0.932. The molecule has 0 saturated carbocycles. The van der Waals surface area contributed by atoms with Gasteiger partial charge in [-0.2, -0.15) is 5.10 Å². The Bertz CT molecular complexity index is 674. The van der Waals surface area contributed by atoms with Gasteiger partial charge in [-0.25, -0.2) is 0 Å². The molecule has 0 bridgehead atoms. The highest BCUT2D eigenvalue weighted by molar-refractivity contribution is 5.80. The molecule has 1 amide bonds. The lowest BCUT2D eigenvalue weighted by Crippen LogP contribution is -2.47. The fraction of sp³-hybridized carbons (Fsp3) is 0.500. The molecule has 1 atom stereocenters. The minimum atomic E-state index is -0.947. The van der Waals surface area contributed by atoms with E-state index in [9.17, 15) is 9.90 Å². The van der Waals surface area contributed by atoms with Crippen LogP contribution in [0.25, 0.3) is 0 Å². The summed E-state index contributed by atoms with van der Waals surface area (Å²) in [4.78, 5) is 19.0. The molecule has 3 rings (SSSR count). The van der Waals surface area contributed by atoms with Crippen molar-refractivity contribution in [2.75, 3.05) is 13.1 Å². The van der Waals surface area contributed by atoms with Crippen molar-refractivity contribution in [2.24, 2.45) is 0 Å². The van der Waals surface area contributed by atoms with Crippen molar-refractivity contribution in [1.29, 1.82) is 0 Å². The molecule has 0 aliphatic carbocycles. The van der Waals surface area contributed by atoms with Gasteiger partial charge in [0.2, 0.25) is 5.91 Å². The lowest BCUT2D eigenvalue weighted by Gasteiger charge is -2.39. The Kier molecular flexibility index (Phi) is 4.66. The van der Waals surface area contributed by atoms with E-state index in [2.05, 4.69) is 10.1 Å². The summed E-state index contributed by atoms with van der Waals surface area (Å²) in [5.74, 6) is 0.0696. The second-order valence-corrected chi connectivity index (χ2v) is 6.49. The monoisotopic (exact) mass is 328 g/mol. The van der Waals surface area contributed by atoms with Crippen molar-refractivity contribution < 1.29 is 9.90 Å². The number of aliphatic hydroxyl groups is 1. The normalized spacial score (nSPS) is 18.4. The number of hydrogen-bond donors (Lipinski definition) is 1. The van der Waals surface area contributed by atoms with E-state index in [1.807, 2.05) is 43.1 Å². The molecule has 24 heavy (non-hydrogen) atoms. The van der Waals surface area contributed by atoms with E-state index in [-0.39, 0.29) is 11.9 Å². The molecular formula is C18H24N4O2. The Morgan fingerprint density at radius 2 is 2.12 bits per heavy atom. The Morgan fingerprint density at radius 3 is 2.67 bits per heavy atom. The van der Waals surface area contributed by atoms with Gasteiger partial charge in [-0.05, 0) is 43.9 Å². The average molecular weight is 328 g/mol. The highest BCUT2D eigenvalue weighted by atomic mass is 16.3. The molecule has 2 aromatic rings. The summed E-state index contributed by atoms with van der Waals surface area (Å²) in [7, 11) is 0. The molecule has 0 spiro atoms. The van der Waals surface area contributed by atoms with E-state index in [0.717, 1.165) is 5.56 Å². The number of nitrogens with zero attached hydrogens (tertiary/aromatic N) is 4. The molecule has 1 aliphatic heterocycles. The SMILES string of the molecule is CCC(C(=O)N1CCC(O)(c2ccc(C)cn2)CC1)n1cccn1. The number of amides is 1. The maximum atomic E-state index is 12.8. The topological polar surface area (TPSA) is 71.2 Å². The Labute approximate surface area is 142 Å². The number of pyridine rings is 1. The second-order valence-electron chi connectivity index (χ2n) is 6.49. The van der Waals surface area contributed by atoms with E-state index in [1.54, 1.807) is 17.1 Å². The second kappa shape index (κ2) is 6.73. The van der Waals surface area contributed by atoms with Crippen LogP contribution in [0.15, 0.2) is 36.8 Å². The van der Waals surface area contributed by atoms with Gasteiger partial charge in [-0.3, -0.25) is 14.5 Å². The van der Waals surface area contributed by atoms with Crippen molar-refractivity contribution >= 4 is 5.91 Å². The van der Waals surface area contributed by atoms with Crippen molar-refractivity contribution in [3.63, 3.8) is 0 Å². The summed E-state index contributed by atoms with van der Waals surface area (Å²) in [6, 6.07) is 5.39. The molecule has 128 valence electrons. The Hall–Kier alpha value is -2.21. The standard InChI is InChI=1S/C18H24N4O2/c1-3-15(22-10-4-9-20-22)17(23)21-11-7-18(24,8-12-21)16-6-5-14(2)13-19-16/h4-6,9-10,13,15,24H,3,7-8,11-12H2,1-2H3. The van der Waals surface area contributed by atoms with Gasteiger partial charge in [0.15, 0.2) is 0 Å². The first-order valence-corrected chi connectivity index (χ1v) is 8.47. The van der Waals surface area contributed by atoms with E-state index < -0.39 is 5.60 Å². The highest BCUT2D eigenvalue weighted by Crippen LogP contribution is 2.32. The van der Waals surface area contributed by atoms with Gasteiger partial charge in [0.1, 0.15) is 11.6 Å². The van der Waals surface area contributed by atoms with Crippen LogP contribution in [-0.4, -0.2) is 43.8 Å². The number of piperidine rings is 1. The molecule has 1 N–H and O–H groups in total. The first-order chi connectivity index (χ1) is 11.5. The molecule has 6 heteroatoms. The van der Waals surface area contributed by atoms with Crippen molar-refractivity contribution in [2.45, 2.75) is 44.8 Å². The number of rotatable bonds is 4. The highest BCUT2D eigenvalue weighted by Gasteiger charge is 2.38. The minimum Gasteiger partial charge on any atom is -0.383 e. The van der Waals surface area contributed by atoms with Crippen LogP contribution in [0.3, 0.4) is 0 Å². The smallest absolute Gasteiger partial charge is 0.247 e. The summed E-state index contributed by atoms with van der Waals surface area (Å²) in [5, 5.41) is 15.1. The fourth-order valence-corrected chi connectivity index (χ4v) is 3.25. The summed E-state index contributed by atoms with van der Waals surface area (Å²) >= 11 is 0. The Morgan fingerprint density at radius 1 is 1.38 bits per heavy atom. The molecule has 0 radical (unpaired) electrons. The molecule has 1 aliphatic rings. The number of carbonyl (C=O) groups is 1.